The van der Waals surface area contributed by atoms with Crippen molar-refractivity contribution < 1.29 is 17.7 Å². The number of benzene rings is 1. The Morgan fingerprint density at radius 1 is 1.17 bits per heavy atom. The maximum absolute atomic E-state index is 13.5. The monoisotopic (exact) mass is 400 g/mol. The Morgan fingerprint density at radius 2 is 1.97 bits per heavy atom. The van der Waals surface area contributed by atoms with Crippen molar-refractivity contribution in [1.29, 1.82) is 0 Å². The van der Waals surface area contributed by atoms with E-state index in [0.717, 1.165) is 29.0 Å². The largest absolute Gasteiger partial charge is 0.433 e. The second-order valence-corrected chi connectivity index (χ2v) is 7.08. The van der Waals surface area contributed by atoms with E-state index in [1.54, 1.807) is 18.2 Å². The van der Waals surface area contributed by atoms with Crippen molar-refractivity contribution in [2.24, 2.45) is 0 Å². The molecule has 3 heterocycles. The molecule has 3 aromatic heterocycles. The number of alkyl halides is 3. The molecule has 0 spiro atoms. The van der Waals surface area contributed by atoms with Crippen LogP contribution in [0.2, 0.25) is 0 Å². The molecule has 7 nitrogen and oxygen atoms in total. The van der Waals surface area contributed by atoms with E-state index >= 15 is 0 Å². The molecule has 148 valence electrons. The van der Waals surface area contributed by atoms with Crippen molar-refractivity contribution in [2.45, 2.75) is 31.9 Å². The molecule has 0 bridgehead atoms. The number of aromatic nitrogens is 5. The standard InChI is InChI=1S/C19H15F3N6O/c1-9-11(3-2-4-12(9)23)17-25-18(29-27-17)14-8-16-24-13(10-5-6-10)7-15(19(20,21)22)28(16)26-14/h2-4,7-8,10H,5-6,23H2,1H3. The van der Waals surface area contributed by atoms with Crippen LogP contribution in [0, 0.1) is 6.92 Å². The maximum Gasteiger partial charge on any atom is 0.433 e. The number of nitrogens with zero attached hydrogens (tertiary/aromatic N) is 5. The van der Waals surface area contributed by atoms with Crippen LogP contribution < -0.4 is 5.73 Å². The Kier molecular flexibility index (Phi) is 3.67. The first-order valence-electron chi connectivity index (χ1n) is 8.99. The molecule has 1 saturated carbocycles. The van der Waals surface area contributed by atoms with E-state index in [1.165, 1.54) is 6.07 Å². The van der Waals surface area contributed by atoms with Gasteiger partial charge in [-0.15, -0.1) is 0 Å². The molecular formula is C19H15F3N6O. The van der Waals surface area contributed by atoms with Gasteiger partial charge in [-0.3, -0.25) is 0 Å². The summed E-state index contributed by atoms with van der Waals surface area (Å²) < 4.78 is 46.7. The highest BCUT2D eigenvalue weighted by Gasteiger charge is 2.37. The van der Waals surface area contributed by atoms with E-state index in [-0.39, 0.29) is 29.0 Å². The van der Waals surface area contributed by atoms with Gasteiger partial charge in [0.15, 0.2) is 11.3 Å². The first-order valence-corrected chi connectivity index (χ1v) is 8.99. The minimum absolute atomic E-state index is 0.00780. The molecule has 4 aromatic rings. The van der Waals surface area contributed by atoms with Crippen LogP contribution in [0.1, 0.15) is 35.7 Å². The molecule has 2 N–H and O–H groups in total. The molecule has 1 aliphatic carbocycles. The van der Waals surface area contributed by atoms with Crippen LogP contribution in [0.25, 0.3) is 28.6 Å². The van der Waals surface area contributed by atoms with E-state index in [1.807, 2.05) is 6.92 Å². The molecule has 0 aliphatic heterocycles. The minimum atomic E-state index is -4.56. The predicted molar refractivity (Wildman–Crippen MR) is 97.8 cm³/mol. The Hall–Kier alpha value is -3.43. The highest BCUT2D eigenvalue weighted by Crippen LogP contribution is 2.41. The van der Waals surface area contributed by atoms with Crippen molar-refractivity contribution >= 4 is 11.3 Å². The van der Waals surface area contributed by atoms with Gasteiger partial charge in [-0.1, -0.05) is 17.3 Å². The lowest BCUT2D eigenvalue weighted by atomic mass is 10.1. The molecule has 1 fully saturated rings. The Balaban J connectivity index is 1.61. The third-order valence-electron chi connectivity index (χ3n) is 4.99. The van der Waals surface area contributed by atoms with Gasteiger partial charge in [0.05, 0.1) is 0 Å². The number of rotatable bonds is 3. The summed E-state index contributed by atoms with van der Waals surface area (Å²) in [7, 11) is 0. The van der Waals surface area contributed by atoms with Gasteiger partial charge in [0.25, 0.3) is 5.89 Å². The van der Waals surface area contributed by atoms with Gasteiger partial charge in [-0.25, -0.2) is 9.50 Å². The summed E-state index contributed by atoms with van der Waals surface area (Å²) in [5.41, 5.74) is 7.72. The molecule has 1 aliphatic rings. The number of nitrogens with two attached hydrogens (primary N) is 1. The van der Waals surface area contributed by atoms with Crippen LogP contribution in [0.4, 0.5) is 18.9 Å². The topological polar surface area (TPSA) is 95.1 Å². The lowest BCUT2D eigenvalue weighted by Gasteiger charge is -2.10. The number of fused-ring (bicyclic) bond motifs is 1. The third kappa shape index (κ3) is 3.00. The molecular weight excluding hydrogens is 385 g/mol. The number of halogens is 3. The van der Waals surface area contributed by atoms with Crippen LogP contribution >= 0.6 is 0 Å². The first-order chi connectivity index (χ1) is 13.8. The summed E-state index contributed by atoms with van der Waals surface area (Å²) >= 11 is 0. The predicted octanol–water partition coefficient (Wildman–Crippen LogP) is 4.23. The third-order valence-corrected chi connectivity index (χ3v) is 4.99. The number of hydrogen-bond donors (Lipinski definition) is 1. The normalized spacial score (nSPS) is 14.6. The molecule has 29 heavy (non-hydrogen) atoms. The summed E-state index contributed by atoms with van der Waals surface area (Å²) in [5, 5.41) is 7.96. The summed E-state index contributed by atoms with van der Waals surface area (Å²) in [6, 6.07) is 7.79. The highest BCUT2D eigenvalue weighted by molar-refractivity contribution is 5.69. The van der Waals surface area contributed by atoms with Gasteiger partial charge in [-0.2, -0.15) is 23.3 Å². The summed E-state index contributed by atoms with van der Waals surface area (Å²) in [5.74, 6) is 0.360. The van der Waals surface area contributed by atoms with Gasteiger partial charge in [0.1, 0.15) is 5.69 Å². The fourth-order valence-corrected chi connectivity index (χ4v) is 3.22. The molecule has 1 aromatic carbocycles. The zero-order valence-electron chi connectivity index (χ0n) is 15.2. The molecule has 0 amide bonds. The van der Waals surface area contributed by atoms with Gasteiger partial charge in [0, 0.05) is 28.9 Å². The lowest BCUT2D eigenvalue weighted by Crippen LogP contribution is -2.14. The van der Waals surface area contributed by atoms with E-state index in [2.05, 4.69) is 20.2 Å². The van der Waals surface area contributed by atoms with Crippen molar-refractivity contribution in [3.05, 3.63) is 47.3 Å². The Morgan fingerprint density at radius 3 is 2.69 bits per heavy atom. The Labute approximate surface area is 162 Å². The van der Waals surface area contributed by atoms with Gasteiger partial charge in [0.2, 0.25) is 5.82 Å². The number of nitrogen functional groups attached to an aromatic ring is 1. The smallest absolute Gasteiger partial charge is 0.398 e. The molecule has 0 saturated heterocycles. The SMILES string of the molecule is Cc1c(N)cccc1-c1noc(-c2cc3nc(C4CC4)cc(C(F)(F)F)n3n2)n1. The van der Waals surface area contributed by atoms with E-state index in [9.17, 15) is 13.2 Å². The summed E-state index contributed by atoms with van der Waals surface area (Å²) in [4.78, 5) is 8.63. The van der Waals surface area contributed by atoms with E-state index < -0.39 is 11.9 Å². The quantitative estimate of drug-likeness (QED) is 0.517. The Bertz CT molecular complexity index is 1240. The van der Waals surface area contributed by atoms with Gasteiger partial charge in [-0.05, 0) is 37.5 Å². The van der Waals surface area contributed by atoms with Crippen LogP contribution in [-0.2, 0) is 6.18 Å². The average molecular weight is 400 g/mol. The second-order valence-electron chi connectivity index (χ2n) is 7.08. The summed E-state index contributed by atoms with van der Waals surface area (Å²) in [6.45, 7) is 1.82. The number of anilines is 1. The fraction of sp³-hybridized carbons (Fsp3) is 0.263. The van der Waals surface area contributed by atoms with Gasteiger partial charge >= 0.3 is 6.18 Å². The summed E-state index contributed by atoms with van der Waals surface area (Å²) in [6.07, 6.45) is -2.88. The van der Waals surface area contributed by atoms with Crippen LogP contribution in [0.5, 0.6) is 0 Å². The molecule has 0 radical (unpaired) electrons. The highest BCUT2D eigenvalue weighted by atomic mass is 19.4. The van der Waals surface area contributed by atoms with Crippen LogP contribution in [0.3, 0.4) is 0 Å². The van der Waals surface area contributed by atoms with Crippen molar-refractivity contribution in [1.82, 2.24) is 24.7 Å². The lowest BCUT2D eigenvalue weighted by molar-refractivity contribution is -0.142. The minimum Gasteiger partial charge on any atom is -0.398 e. The molecule has 0 atom stereocenters. The van der Waals surface area contributed by atoms with E-state index in [4.69, 9.17) is 10.3 Å². The zero-order valence-corrected chi connectivity index (χ0v) is 15.2. The van der Waals surface area contributed by atoms with E-state index in [0.29, 0.717) is 16.9 Å². The zero-order chi connectivity index (χ0) is 20.3. The second kappa shape index (κ2) is 6.03. The number of hydrogen-bond acceptors (Lipinski definition) is 6. The van der Waals surface area contributed by atoms with Crippen molar-refractivity contribution in [3.8, 4) is 23.0 Å². The molecule has 5 rings (SSSR count). The van der Waals surface area contributed by atoms with Crippen molar-refractivity contribution in [2.75, 3.05) is 5.73 Å². The van der Waals surface area contributed by atoms with Crippen molar-refractivity contribution in [3.63, 3.8) is 0 Å². The van der Waals surface area contributed by atoms with Crippen LogP contribution in [-0.4, -0.2) is 24.7 Å². The maximum atomic E-state index is 13.5. The fourth-order valence-electron chi connectivity index (χ4n) is 3.22. The first kappa shape index (κ1) is 17.7. The molecule has 10 heteroatoms. The van der Waals surface area contributed by atoms with Gasteiger partial charge < -0.3 is 10.3 Å². The average Bonchev–Trinajstić information content (AvgIpc) is 3.24. The molecule has 0 unspecified atom stereocenters. The van der Waals surface area contributed by atoms with Crippen LogP contribution in [0.15, 0.2) is 34.9 Å².